The molecule has 1 aromatic rings. The zero-order chi connectivity index (χ0) is 9.10. The number of hydrogen-bond donors (Lipinski definition) is 2. The van der Waals surface area contributed by atoms with Gasteiger partial charge in [0.25, 0.3) is 0 Å². The molecule has 0 spiro atoms. The minimum atomic E-state index is 0.389. The fourth-order valence-electron chi connectivity index (χ4n) is 1.71. The van der Waals surface area contributed by atoms with Crippen LogP contribution in [0.1, 0.15) is 30.3 Å². The lowest BCUT2D eigenvalue weighted by atomic mass is 9.97. The van der Waals surface area contributed by atoms with Crippen molar-refractivity contribution in [1.82, 2.24) is 10.3 Å². The number of hydrogen-bond acceptors (Lipinski definition) is 4. The molecule has 72 valence electrons. The Morgan fingerprint density at radius 3 is 3.23 bits per heavy atom. The Hall–Kier alpha value is -0.870. The van der Waals surface area contributed by atoms with Gasteiger partial charge in [-0.1, -0.05) is 0 Å². The predicted octanol–water partition coefficient (Wildman–Crippen LogP) is 0.600. The standard InChI is InChI=1S/C9H15N3O/c10-4-9-12-8(6-13-9)7-2-1-3-11-5-7/h6-7,11H,1-5,10H2. The molecule has 0 bridgehead atoms. The highest BCUT2D eigenvalue weighted by atomic mass is 16.3. The summed E-state index contributed by atoms with van der Waals surface area (Å²) in [5.41, 5.74) is 6.47. The lowest BCUT2D eigenvalue weighted by Gasteiger charge is -2.20. The lowest BCUT2D eigenvalue weighted by molar-refractivity contribution is 0.452. The summed E-state index contributed by atoms with van der Waals surface area (Å²) >= 11 is 0. The molecule has 4 heteroatoms. The van der Waals surface area contributed by atoms with Crippen LogP contribution in [-0.4, -0.2) is 18.1 Å². The molecule has 0 radical (unpaired) electrons. The van der Waals surface area contributed by atoms with Crippen molar-refractivity contribution in [2.45, 2.75) is 25.3 Å². The van der Waals surface area contributed by atoms with Crippen molar-refractivity contribution in [3.05, 3.63) is 17.8 Å². The lowest BCUT2D eigenvalue weighted by Crippen LogP contribution is -2.28. The number of nitrogens with one attached hydrogen (secondary N) is 1. The van der Waals surface area contributed by atoms with Crippen molar-refractivity contribution < 1.29 is 4.42 Å². The molecule has 1 atom stereocenters. The molecule has 13 heavy (non-hydrogen) atoms. The van der Waals surface area contributed by atoms with E-state index in [1.54, 1.807) is 6.26 Å². The molecule has 1 aliphatic heterocycles. The van der Waals surface area contributed by atoms with E-state index in [-0.39, 0.29) is 0 Å². The van der Waals surface area contributed by atoms with E-state index < -0.39 is 0 Å². The second-order valence-corrected chi connectivity index (χ2v) is 3.41. The average Bonchev–Trinajstić information content (AvgIpc) is 2.67. The van der Waals surface area contributed by atoms with Crippen molar-refractivity contribution >= 4 is 0 Å². The third kappa shape index (κ3) is 1.89. The van der Waals surface area contributed by atoms with E-state index in [0.717, 1.165) is 18.8 Å². The third-order valence-corrected chi connectivity index (χ3v) is 2.46. The number of nitrogens with zero attached hydrogens (tertiary/aromatic N) is 1. The van der Waals surface area contributed by atoms with Gasteiger partial charge in [0.15, 0.2) is 0 Å². The highest BCUT2D eigenvalue weighted by molar-refractivity contribution is 5.06. The summed E-state index contributed by atoms with van der Waals surface area (Å²) in [5, 5.41) is 3.35. The number of aromatic nitrogens is 1. The molecule has 0 aromatic carbocycles. The van der Waals surface area contributed by atoms with Gasteiger partial charge in [-0.2, -0.15) is 0 Å². The molecule has 1 aliphatic rings. The van der Waals surface area contributed by atoms with Crippen LogP contribution in [0, 0.1) is 0 Å². The first kappa shape index (κ1) is 8.72. The maximum absolute atomic E-state index is 5.42. The Balaban J connectivity index is 2.05. The maximum atomic E-state index is 5.42. The maximum Gasteiger partial charge on any atom is 0.207 e. The molecule has 1 fully saturated rings. The fraction of sp³-hybridized carbons (Fsp3) is 0.667. The summed E-state index contributed by atoms with van der Waals surface area (Å²) < 4.78 is 5.20. The van der Waals surface area contributed by atoms with Gasteiger partial charge in [0.2, 0.25) is 5.89 Å². The van der Waals surface area contributed by atoms with E-state index in [9.17, 15) is 0 Å². The van der Waals surface area contributed by atoms with Crippen molar-refractivity contribution in [1.29, 1.82) is 0 Å². The average molecular weight is 181 g/mol. The van der Waals surface area contributed by atoms with Crippen LogP contribution >= 0.6 is 0 Å². The Morgan fingerprint density at radius 2 is 2.62 bits per heavy atom. The SMILES string of the molecule is NCc1nc(C2CCCNC2)co1. The molecule has 0 amide bonds. The smallest absolute Gasteiger partial charge is 0.207 e. The molecule has 4 nitrogen and oxygen atoms in total. The van der Waals surface area contributed by atoms with Crippen molar-refractivity contribution in [3.8, 4) is 0 Å². The quantitative estimate of drug-likeness (QED) is 0.701. The second-order valence-electron chi connectivity index (χ2n) is 3.41. The summed E-state index contributed by atoms with van der Waals surface area (Å²) in [6, 6.07) is 0. The molecule has 2 heterocycles. The number of piperidine rings is 1. The fourth-order valence-corrected chi connectivity index (χ4v) is 1.71. The monoisotopic (exact) mass is 181 g/mol. The van der Waals surface area contributed by atoms with Crippen molar-refractivity contribution in [2.75, 3.05) is 13.1 Å². The summed E-state index contributed by atoms with van der Waals surface area (Å²) in [6.07, 6.45) is 4.15. The van der Waals surface area contributed by atoms with E-state index in [1.807, 2.05) is 0 Å². The Labute approximate surface area is 77.5 Å². The molecule has 1 unspecified atom stereocenters. The van der Waals surface area contributed by atoms with Crippen molar-refractivity contribution in [3.63, 3.8) is 0 Å². The Morgan fingerprint density at radius 1 is 1.69 bits per heavy atom. The molecular weight excluding hydrogens is 166 g/mol. The van der Waals surface area contributed by atoms with Gasteiger partial charge in [-0.3, -0.25) is 0 Å². The molecule has 0 saturated carbocycles. The number of rotatable bonds is 2. The zero-order valence-electron chi connectivity index (χ0n) is 7.62. The minimum Gasteiger partial charge on any atom is -0.447 e. The number of oxazole rings is 1. The van der Waals surface area contributed by atoms with E-state index in [0.29, 0.717) is 18.4 Å². The van der Waals surface area contributed by atoms with Crippen molar-refractivity contribution in [2.24, 2.45) is 5.73 Å². The van der Waals surface area contributed by atoms with Gasteiger partial charge >= 0.3 is 0 Å². The zero-order valence-corrected chi connectivity index (χ0v) is 7.62. The van der Waals surface area contributed by atoms with Crippen LogP contribution in [0.15, 0.2) is 10.7 Å². The van der Waals surface area contributed by atoms with Gasteiger partial charge in [-0.15, -0.1) is 0 Å². The van der Waals surface area contributed by atoms with E-state index >= 15 is 0 Å². The van der Waals surface area contributed by atoms with E-state index in [4.69, 9.17) is 10.2 Å². The Bertz CT molecular complexity index is 266. The molecule has 3 N–H and O–H groups in total. The van der Waals surface area contributed by atoms with Gasteiger partial charge in [0.05, 0.1) is 12.2 Å². The second kappa shape index (κ2) is 3.89. The molecule has 1 aromatic heterocycles. The summed E-state index contributed by atoms with van der Waals surface area (Å²) in [7, 11) is 0. The Kier molecular flexibility index (Phi) is 2.61. The van der Waals surface area contributed by atoms with Crippen LogP contribution in [0.3, 0.4) is 0 Å². The summed E-state index contributed by atoms with van der Waals surface area (Å²) in [6.45, 7) is 2.52. The van der Waals surface area contributed by atoms with Crippen LogP contribution in [0.5, 0.6) is 0 Å². The molecule has 0 aliphatic carbocycles. The highest BCUT2D eigenvalue weighted by Crippen LogP contribution is 2.22. The minimum absolute atomic E-state index is 0.389. The third-order valence-electron chi connectivity index (χ3n) is 2.46. The van der Waals surface area contributed by atoms with Crippen LogP contribution < -0.4 is 11.1 Å². The van der Waals surface area contributed by atoms with Gasteiger partial charge in [0.1, 0.15) is 6.26 Å². The predicted molar refractivity (Wildman–Crippen MR) is 49.2 cm³/mol. The first-order chi connectivity index (χ1) is 6.40. The van der Waals surface area contributed by atoms with Gasteiger partial charge in [-0.25, -0.2) is 4.98 Å². The van der Waals surface area contributed by atoms with Crippen LogP contribution in [0.4, 0.5) is 0 Å². The largest absolute Gasteiger partial charge is 0.447 e. The molecular formula is C9H15N3O. The van der Waals surface area contributed by atoms with Crippen LogP contribution in [-0.2, 0) is 6.54 Å². The first-order valence-corrected chi connectivity index (χ1v) is 4.75. The summed E-state index contributed by atoms with van der Waals surface area (Å²) in [5.74, 6) is 1.15. The van der Waals surface area contributed by atoms with Gasteiger partial charge in [0, 0.05) is 12.5 Å². The van der Waals surface area contributed by atoms with Crippen LogP contribution in [0.25, 0.3) is 0 Å². The summed E-state index contributed by atoms with van der Waals surface area (Å²) in [4.78, 5) is 4.32. The van der Waals surface area contributed by atoms with Gasteiger partial charge < -0.3 is 15.5 Å². The molecule has 2 rings (SSSR count). The van der Waals surface area contributed by atoms with E-state index in [2.05, 4.69) is 10.3 Å². The molecule has 1 saturated heterocycles. The van der Waals surface area contributed by atoms with Crippen LogP contribution in [0.2, 0.25) is 0 Å². The number of nitrogens with two attached hydrogens (primary N) is 1. The van der Waals surface area contributed by atoms with E-state index in [1.165, 1.54) is 12.8 Å². The normalized spacial score (nSPS) is 23.3. The topological polar surface area (TPSA) is 64.1 Å². The first-order valence-electron chi connectivity index (χ1n) is 4.75. The highest BCUT2D eigenvalue weighted by Gasteiger charge is 2.18. The van der Waals surface area contributed by atoms with Gasteiger partial charge in [-0.05, 0) is 19.4 Å².